The molecular weight excluding hydrogens is 204 g/mol. The van der Waals surface area contributed by atoms with E-state index in [1.807, 2.05) is 0 Å². The fourth-order valence-electron chi connectivity index (χ4n) is 2.49. The SMILES string of the molecule is CC(C)(CNCC(N)C(=O)O)C1CCCC1. The molecule has 1 rings (SSSR count). The highest BCUT2D eigenvalue weighted by molar-refractivity contribution is 5.73. The Morgan fingerprint density at radius 1 is 1.50 bits per heavy atom. The molecule has 0 heterocycles. The summed E-state index contributed by atoms with van der Waals surface area (Å²) in [6.07, 6.45) is 5.28. The van der Waals surface area contributed by atoms with Crippen molar-refractivity contribution >= 4 is 5.97 Å². The lowest BCUT2D eigenvalue weighted by Gasteiger charge is -2.32. The quantitative estimate of drug-likeness (QED) is 0.638. The van der Waals surface area contributed by atoms with Gasteiger partial charge in [0.2, 0.25) is 0 Å². The average molecular weight is 228 g/mol. The first kappa shape index (κ1) is 13.5. The van der Waals surface area contributed by atoms with Gasteiger partial charge in [0.05, 0.1) is 0 Å². The van der Waals surface area contributed by atoms with Crippen LogP contribution in [0.3, 0.4) is 0 Å². The molecule has 1 aliphatic carbocycles. The first-order chi connectivity index (χ1) is 7.43. The van der Waals surface area contributed by atoms with Crippen LogP contribution in [0.5, 0.6) is 0 Å². The summed E-state index contributed by atoms with van der Waals surface area (Å²) in [7, 11) is 0. The van der Waals surface area contributed by atoms with E-state index in [0.29, 0.717) is 6.54 Å². The van der Waals surface area contributed by atoms with Gasteiger partial charge in [-0.2, -0.15) is 0 Å². The van der Waals surface area contributed by atoms with Gasteiger partial charge in [0.15, 0.2) is 0 Å². The van der Waals surface area contributed by atoms with E-state index in [4.69, 9.17) is 10.8 Å². The zero-order chi connectivity index (χ0) is 12.2. The molecule has 0 aliphatic heterocycles. The van der Waals surface area contributed by atoms with Crippen LogP contribution in [0.4, 0.5) is 0 Å². The molecule has 0 spiro atoms. The Morgan fingerprint density at radius 3 is 2.56 bits per heavy atom. The van der Waals surface area contributed by atoms with Crippen molar-refractivity contribution in [2.24, 2.45) is 17.1 Å². The van der Waals surface area contributed by atoms with Gasteiger partial charge < -0.3 is 16.2 Å². The zero-order valence-corrected chi connectivity index (χ0v) is 10.3. The van der Waals surface area contributed by atoms with Gasteiger partial charge in [0.1, 0.15) is 6.04 Å². The molecule has 0 bridgehead atoms. The van der Waals surface area contributed by atoms with Crippen LogP contribution in [0.25, 0.3) is 0 Å². The lowest BCUT2D eigenvalue weighted by Crippen LogP contribution is -2.44. The summed E-state index contributed by atoms with van der Waals surface area (Å²) >= 11 is 0. The second-order valence-corrected chi connectivity index (χ2v) is 5.55. The highest BCUT2D eigenvalue weighted by Crippen LogP contribution is 2.38. The predicted molar refractivity (Wildman–Crippen MR) is 64.2 cm³/mol. The summed E-state index contributed by atoms with van der Waals surface area (Å²) in [5.41, 5.74) is 5.68. The maximum atomic E-state index is 10.5. The number of nitrogens with two attached hydrogens (primary N) is 1. The first-order valence-corrected chi connectivity index (χ1v) is 6.12. The lowest BCUT2D eigenvalue weighted by molar-refractivity contribution is -0.138. The van der Waals surface area contributed by atoms with Crippen molar-refractivity contribution in [3.05, 3.63) is 0 Å². The third-order valence-corrected chi connectivity index (χ3v) is 3.72. The molecule has 0 aromatic heterocycles. The van der Waals surface area contributed by atoms with Crippen molar-refractivity contribution in [3.8, 4) is 0 Å². The van der Waals surface area contributed by atoms with Crippen molar-refractivity contribution in [3.63, 3.8) is 0 Å². The van der Waals surface area contributed by atoms with E-state index in [1.54, 1.807) is 0 Å². The fourth-order valence-corrected chi connectivity index (χ4v) is 2.49. The Morgan fingerprint density at radius 2 is 2.06 bits per heavy atom. The van der Waals surface area contributed by atoms with Crippen LogP contribution in [0.2, 0.25) is 0 Å². The van der Waals surface area contributed by atoms with E-state index in [-0.39, 0.29) is 5.41 Å². The van der Waals surface area contributed by atoms with E-state index in [9.17, 15) is 4.79 Å². The molecule has 1 saturated carbocycles. The average Bonchev–Trinajstić information content (AvgIpc) is 2.70. The minimum atomic E-state index is -0.939. The molecule has 0 amide bonds. The number of nitrogens with one attached hydrogen (secondary N) is 1. The lowest BCUT2D eigenvalue weighted by atomic mass is 9.77. The number of rotatable bonds is 6. The van der Waals surface area contributed by atoms with Crippen LogP contribution in [0.1, 0.15) is 39.5 Å². The van der Waals surface area contributed by atoms with E-state index in [2.05, 4.69) is 19.2 Å². The molecule has 4 nitrogen and oxygen atoms in total. The highest BCUT2D eigenvalue weighted by atomic mass is 16.4. The second-order valence-electron chi connectivity index (χ2n) is 5.55. The predicted octanol–water partition coefficient (Wildman–Crippen LogP) is 1.20. The topological polar surface area (TPSA) is 75.3 Å². The molecule has 1 atom stereocenters. The van der Waals surface area contributed by atoms with E-state index < -0.39 is 12.0 Å². The van der Waals surface area contributed by atoms with Crippen molar-refractivity contribution in [2.45, 2.75) is 45.6 Å². The minimum Gasteiger partial charge on any atom is -0.480 e. The molecule has 4 N–H and O–H groups in total. The van der Waals surface area contributed by atoms with E-state index in [0.717, 1.165) is 12.5 Å². The minimum absolute atomic E-state index is 0.245. The Balaban J connectivity index is 2.27. The summed E-state index contributed by atoms with van der Waals surface area (Å²) < 4.78 is 0. The monoisotopic (exact) mass is 228 g/mol. The zero-order valence-electron chi connectivity index (χ0n) is 10.3. The third-order valence-electron chi connectivity index (χ3n) is 3.72. The van der Waals surface area contributed by atoms with Gasteiger partial charge in [0, 0.05) is 13.1 Å². The number of carbonyl (C=O) groups is 1. The van der Waals surface area contributed by atoms with Gasteiger partial charge in [-0.15, -0.1) is 0 Å². The molecule has 0 aromatic rings. The van der Waals surface area contributed by atoms with Crippen LogP contribution in [-0.4, -0.2) is 30.2 Å². The van der Waals surface area contributed by atoms with Crippen LogP contribution >= 0.6 is 0 Å². The van der Waals surface area contributed by atoms with E-state index in [1.165, 1.54) is 25.7 Å². The van der Waals surface area contributed by atoms with Crippen LogP contribution < -0.4 is 11.1 Å². The second kappa shape index (κ2) is 5.64. The Bertz CT molecular complexity index is 235. The molecule has 94 valence electrons. The molecular formula is C12H24N2O2. The summed E-state index contributed by atoms with van der Waals surface area (Å²) in [5.74, 6) is -0.174. The molecule has 0 aromatic carbocycles. The van der Waals surface area contributed by atoms with Gasteiger partial charge in [0.25, 0.3) is 0 Å². The number of aliphatic carboxylic acids is 1. The number of hydrogen-bond donors (Lipinski definition) is 3. The van der Waals surface area contributed by atoms with Gasteiger partial charge in [-0.25, -0.2) is 0 Å². The smallest absolute Gasteiger partial charge is 0.321 e. The van der Waals surface area contributed by atoms with Crippen molar-refractivity contribution < 1.29 is 9.90 Å². The standard InChI is InChI=1S/C12H24N2O2/c1-12(2,9-5-3-4-6-9)8-14-7-10(13)11(15)16/h9-10,14H,3-8,13H2,1-2H3,(H,15,16). The Hall–Kier alpha value is -0.610. The third kappa shape index (κ3) is 3.76. The first-order valence-electron chi connectivity index (χ1n) is 6.12. The number of carboxylic acids is 1. The van der Waals surface area contributed by atoms with Gasteiger partial charge >= 0.3 is 5.97 Å². The van der Waals surface area contributed by atoms with Crippen LogP contribution in [0.15, 0.2) is 0 Å². The van der Waals surface area contributed by atoms with Crippen LogP contribution in [0, 0.1) is 11.3 Å². The Labute approximate surface area is 97.6 Å². The molecule has 0 saturated heterocycles. The van der Waals surface area contributed by atoms with Gasteiger partial charge in [-0.1, -0.05) is 26.7 Å². The van der Waals surface area contributed by atoms with Gasteiger partial charge in [-0.05, 0) is 24.2 Å². The molecule has 1 unspecified atom stereocenters. The Kier molecular flexibility index (Phi) is 4.74. The molecule has 16 heavy (non-hydrogen) atoms. The fraction of sp³-hybridized carbons (Fsp3) is 0.917. The largest absolute Gasteiger partial charge is 0.480 e. The van der Waals surface area contributed by atoms with Crippen molar-refractivity contribution in [2.75, 3.05) is 13.1 Å². The molecule has 0 radical (unpaired) electrons. The summed E-state index contributed by atoms with van der Waals surface area (Å²) in [4.78, 5) is 10.5. The highest BCUT2D eigenvalue weighted by Gasteiger charge is 2.31. The number of hydrogen-bond acceptors (Lipinski definition) is 3. The van der Waals surface area contributed by atoms with Gasteiger partial charge in [-0.3, -0.25) is 4.79 Å². The summed E-state index contributed by atoms with van der Waals surface area (Å²) in [6, 6.07) is -0.792. The maximum absolute atomic E-state index is 10.5. The maximum Gasteiger partial charge on any atom is 0.321 e. The molecule has 4 heteroatoms. The normalized spacial score (nSPS) is 19.9. The van der Waals surface area contributed by atoms with E-state index >= 15 is 0 Å². The number of carboxylic acid groups (broad SMARTS) is 1. The molecule has 1 aliphatic rings. The summed E-state index contributed by atoms with van der Waals surface area (Å²) in [5, 5.41) is 11.8. The van der Waals surface area contributed by atoms with Crippen LogP contribution in [-0.2, 0) is 4.79 Å². The van der Waals surface area contributed by atoms with Crippen molar-refractivity contribution in [1.29, 1.82) is 0 Å². The van der Waals surface area contributed by atoms with Crippen molar-refractivity contribution in [1.82, 2.24) is 5.32 Å². The molecule has 1 fully saturated rings. The summed E-state index contributed by atoms with van der Waals surface area (Å²) in [6.45, 7) is 5.70.